The molecule has 0 radical (unpaired) electrons. The Kier molecular flexibility index (Phi) is 15.0. The lowest BCUT2D eigenvalue weighted by Gasteiger charge is -2.26. The molecule has 0 bridgehead atoms. The average Bonchev–Trinajstić information content (AvgIpc) is 2.76. The van der Waals surface area contributed by atoms with E-state index in [1.165, 1.54) is 6.92 Å². The molecule has 0 fully saturated rings. The first kappa shape index (κ1) is 29.9. The smallest absolute Gasteiger partial charge is 0.312 e. The average molecular weight is 464 g/mol. The number of amides is 3. The number of carbonyl (C=O) groups is 3. The van der Waals surface area contributed by atoms with Crippen LogP contribution >= 0.6 is 0 Å². The van der Waals surface area contributed by atoms with E-state index in [9.17, 15) is 14.4 Å². The molecule has 0 heterocycles. The first-order chi connectivity index (χ1) is 15.6. The summed E-state index contributed by atoms with van der Waals surface area (Å²) in [5.74, 6) is -0.334. The SMILES string of the molecule is C=C(Nc1ccc(COC(C)=O)cc1)[C@H](CCCNC(N)=O)NC(=O)C(NC)C(C)C.CC. The van der Waals surface area contributed by atoms with Crippen molar-refractivity contribution in [3.63, 3.8) is 0 Å². The number of ether oxygens (including phenoxy) is 1. The van der Waals surface area contributed by atoms with Crippen molar-refractivity contribution >= 4 is 23.6 Å². The zero-order chi connectivity index (χ0) is 25.4. The third-order valence-electron chi connectivity index (χ3n) is 4.67. The Balaban J connectivity index is 0.00000497. The number of nitrogens with two attached hydrogens (primary N) is 1. The summed E-state index contributed by atoms with van der Waals surface area (Å²) < 4.78 is 4.99. The van der Waals surface area contributed by atoms with Crippen molar-refractivity contribution in [1.29, 1.82) is 0 Å². The second kappa shape index (κ2) is 16.5. The number of benzene rings is 1. The third-order valence-corrected chi connectivity index (χ3v) is 4.67. The molecule has 9 heteroatoms. The van der Waals surface area contributed by atoms with Crippen LogP contribution in [0.1, 0.15) is 53.0 Å². The quantitative estimate of drug-likeness (QED) is 0.226. The van der Waals surface area contributed by atoms with E-state index < -0.39 is 6.03 Å². The summed E-state index contributed by atoms with van der Waals surface area (Å²) in [6.07, 6.45) is 1.18. The number of rotatable bonds is 13. The van der Waals surface area contributed by atoms with Gasteiger partial charge in [0.2, 0.25) is 5.91 Å². The predicted molar refractivity (Wildman–Crippen MR) is 132 cm³/mol. The molecule has 3 amide bonds. The van der Waals surface area contributed by atoms with Crippen LogP contribution in [-0.4, -0.2) is 43.6 Å². The molecule has 1 unspecified atom stereocenters. The minimum absolute atomic E-state index is 0.119. The van der Waals surface area contributed by atoms with E-state index in [0.717, 1.165) is 11.3 Å². The second-order valence-corrected chi connectivity index (χ2v) is 7.63. The van der Waals surface area contributed by atoms with Crippen LogP contribution in [0.25, 0.3) is 0 Å². The van der Waals surface area contributed by atoms with Crippen LogP contribution in [0.4, 0.5) is 10.5 Å². The Hall–Kier alpha value is -3.07. The summed E-state index contributed by atoms with van der Waals surface area (Å²) in [7, 11) is 1.75. The van der Waals surface area contributed by atoms with Crippen LogP contribution in [0.2, 0.25) is 0 Å². The van der Waals surface area contributed by atoms with Crippen LogP contribution in [0.15, 0.2) is 36.5 Å². The van der Waals surface area contributed by atoms with Crippen molar-refractivity contribution in [1.82, 2.24) is 16.0 Å². The Bertz CT molecular complexity index is 750. The van der Waals surface area contributed by atoms with Gasteiger partial charge in [0.25, 0.3) is 0 Å². The van der Waals surface area contributed by atoms with Crippen LogP contribution in [0, 0.1) is 5.92 Å². The summed E-state index contributed by atoms with van der Waals surface area (Å²) in [5.41, 5.74) is 7.39. The molecule has 0 saturated heterocycles. The van der Waals surface area contributed by atoms with Gasteiger partial charge in [-0.2, -0.15) is 0 Å². The number of carbonyl (C=O) groups excluding carboxylic acids is 3. The van der Waals surface area contributed by atoms with Gasteiger partial charge in [-0.15, -0.1) is 0 Å². The minimum Gasteiger partial charge on any atom is -0.461 e. The van der Waals surface area contributed by atoms with Crippen LogP contribution in [0.3, 0.4) is 0 Å². The van der Waals surface area contributed by atoms with Crippen molar-refractivity contribution < 1.29 is 19.1 Å². The van der Waals surface area contributed by atoms with Crippen LogP contribution in [-0.2, 0) is 20.9 Å². The Labute approximate surface area is 197 Å². The van der Waals surface area contributed by atoms with Gasteiger partial charge >= 0.3 is 12.0 Å². The standard InChI is InChI=1S/C22H35N5O4.C2H6/c1-14(2)20(24-5)21(29)27-19(7-6-12-25-22(23)30)15(3)26-18-10-8-17(9-11-18)13-31-16(4)28;1-2/h8-11,14,19-20,24,26H,3,6-7,12-13H2,1-2,4-5H3,(H,27,29)(H3,23,25,30);1-2H3/t19-,20?;/m0./s1. The molecule has 0 spiro atoms. The summed E-state index contributed by atoms with van der Waals surface area (Å²) in [6.45, 7) is 14.0. The van der Waals surface area contributed by atoms with E-state index in [1.54, 1.807) is 7.05 Å². The van der Waals surface area contributed by atoms with Crippen LogP contribution in [0.5, 0.6) is 0 Å². The molecule has 0 aromatic heterocycles. The highest BCUT2D eigenvalue weighted by atomic mass is 16.5. The van der Waals surface area contributed by atoms with Gasteiger partial charge in [0, 0.05) is 24.9 Å². The largest absolute Gasteiger partial charge is 0.461 e. The highest BCUT2D eigenvalue weighted by molar-refractivity contribution is 5.82. The number of nitrogens with one attached hydrogen (secondary N) is 4. The van der Waals surface area contributed by atoms with E-state index in [-0.39, 0.29) is 36.5 Å². The van der Waals surface area contributed by atoms with Crippen molar-refractivity contribution in [3.05, 3.63) is 42.1 Å². The number of hydrogen-bond donors (Lipinski definition) is 5. The Morgan fingerprint density at radius 1 is 1.12 bits per heavy atom. The maximum Gasteiger partial charge on any atom is 0.312 e. The number of primary amides is 1. The monoisotopic (exact) mass is 463 g/mol. The molecule has 6 N–H and O–H groups in total. The topological polar surface area (TPSA) is 135 Å². The van der Waals surface area contributed by atoms with Gasteiger partial charge in [0.1, 0.15) is 6.61 Å². The van der Waals surface area contributed by atoms with Crippen molar-refractivity contribution in [3.8, 4) is 0 Å². The molecule has 9 nitrogen and oxygen atoms in total. The number of hydrogen-bond acceptors (Lipinski definition) is 6. The molecule has 1 aromatic rings. The molecule has 1 rings (SSSR count). The Morgan fingerprint density at radius 3 is 2.21 bits per heavy atom. The molecule has 2 atom stereocenters. The van der Waals surface area contributed by atoms with E-state index >= 15 is 0 Å². The third kappa shape index (κ3) is 12.5. The van der Waals surface area contributed by atoms with Gasteiger partial charge in [-0.1, -0.05) is 46.4 Å². The molecule has 186 valence electrons. The van der Waals surface area contributed by atoms with Gasteiger partial charge in [-0.25, -0.2) is 4.79 Å². The summed E-state index contributed by atoms with van der Waals surface area (Å²) in [6, 6.07) is 6.13. The summed E-state index contributed by atoms with van der Waals surface area (Å²) >= 11 is 0. The lowest BCUT2D eigenvalue weighted by molar-refractivity contribution is -0.142. The van der Waals surface area contributed by atoms with Crippen LogP contribution < -0.4 is 27.0 Å². The molecule has 0 aliphatic carbocycles. The summed E-state index contributed by atoms with van der Waals surface area (Å²) in [4.78, 5) is 34.5. The van der Waals surface area contributed by atoms with Gasteiger partial charge in [0.05, 0.1) is 12.1 Å². The zero-order valence-corrected chi connectivity index (χ0v) is 20.8. The van der Waals surface area contributed by atoms with Gasteiger partial charge in [-0.05, 0) is 43.5 Å². The maximum atomic E-state index is 12.7. The molecular weight excluding hydrogens is 422 g/mol. The van der Waals surface area contributed by atoms with Gasteiger partial charge in [-0.3, -0.25) is 9.59 Å². The number of anilines is 1. The molecule has 1 aromatic carbocycles. The lowest BCUT2D eigenvalue weighted by atomic mass is 10.0. The highest BCUT2D eigenvalue weighted by Crippen LogP contribution is 2.16. The van der Waals surface area contributed by atoms with Gasteiger partial charge < -0.3 is 31.7 Å². The molecular formula is C24H41N5O4. The fourth-order valence-corrected chi connectivity index (χ4v) is 3.02. The predicted octanol–water partition coefficient (Wildman–Crippen LogP) is 2.88. The van der Waals surface area contributed by atoms with E-state index in [4.69, 9.17) is 10.5 Å². The van der Waals surface area contributed by atoms with E-state index in [2.05, 4.69) is 27.8 Å². The molecule has 0 saturated carbocycles. The fourth-order valence-electron chi connectivity index (χ4n) is 3.02. The first-order valence-electron chi connectivity index (χ1n) is 11.3. The summed E-state index contributed by atoms with van der Waals surface area (Å²) in [5, 5.41) is 11.8. The first-order valence-corrected chi connectivity index (χ1v) is 11.3. The lowest BCUT2D eigenvalue weighted by Crippen LogP contribution is -2.50. The Morgan fingerprint density at radius 2 is 1.73 bits per heavy atom. The van der Waals surface area contributed by atoms with Crippen molar-refractivity contribution in [2.75, 3.05) is 18.9 Å². The minimum atomic E-state index is -0.582. The number of likely N-dealkylation sites (N-methyl/N-ethyl adjacent to an activating group) is 1. The maximum absolute atomic E-state index is 12.7. The normalized spacial score (nSPS) is 12.0. The molecule has 0 aliphatic rings. The van der Waals surface area contributed by atoms with Crippen molar-refractivity contribution in [2.24, 2.45) is 11.7 Å². The molecule has 33 heavy (non-hydrogen) atoms. The zero-order valence-electron chi connectivity index (χ0n) is 20.8. The fraction of sp³-hybridized carbons (Fsp3) is 0.542. The van der Waals surface area contributed by atoms with E-state index in [0.29, 0.717) is 25.1 Å². The van der Waals surface area contributed by atoms with Crippen molar-refractivity contribution in [2.45, 2.75) is 66.2 Å². The second-order valence-electron chi connectivity index (χ2n) is 7.63. The molecule has 0 aliphatic heterocycles. The van der Waals surface area contributed by atoms with E-state index in [1.807, 2.05) is 52.0 Å². The number of esters is 1. The highest BCUT2D eigenvalue weighted by Gasteiger charge is 2.24. The number of urea groups is 1. The van der Waals surface area contributed by atoms with Gasteiger partial charge in [0.15, 0.2) is 0 Å².